The van der Waals surface area contributed by atoms with Gasteiger partial charge in [0.2, 0.25) is 5.95 Å². The third-order valence-corrected chi connectivity index (χ3v) is 4.20. The van der Waals surface area contributed by atoms with Crippen LogP contribution in [0, 0.1) is 11.7 Å². The first-order valence-electron chi connectivity index (χ1n) is 7.06. The average Bonchev–Trinajstić information content (AvgIpc) is 2.77. The van der Waals surface area contributed by atoms with E-state index in [0.29, 0.717) is 5.52 Å². The minimum atomic E-state index is -0.192. The summed E-state index contributed by atoms with van der Waals surface area (Å²) in [6, 6.07) is 5.10. The number of nitrogens with zero attached hydrogens (tertiary/aromatic N) is 3. The zero-order valence-electron chi connectivity index (χ0n) is 11.6. The fourth-order valence-electron chi connectivity index (χ4n) is 3.07. The normalized spacial score (nSPS) is 20.2. The molecule has 4 heteroatoms. The fourth-order valence-corrected chi connectivity index (χ4v) is 3.07. The van der Waals surface area contributed by atoms with Crippen molar-refractivity contribution in [1.29, 1.82) is 0 Å². The maximum absolute atomic E-state index is 13.9. The van der Waals surface area contributed by atoms with Crippen LogP contribution in [-0.4, -0.2) is 22.6 Å². The smallest absolute Gasteiger partial charge is 0.206 e. The number of halogens is 1. The van der Waals surface area contributed by atoms with E-state index in [2.05, 4.69) is 16.8 Å². The third kappa shape index (κ3) is 2.09. The molecule has 3 nitrogen and oxygen atoms in total. The van der Waals surface area contributed by atoms with Crippen LogP contribution in [0.2, 0.25) is 0 Å². The maximum Gasteiger partial charge on any atom is 0.206 e. The van der Waals surface area contributed by atoms with Crippen LogP contribution >= 0.6 is 0 Å². The lowest BCUT2D eigenvalue weighted by Gasteiger charge is -2.32. The van der Waals surface area contributed by atoms with Gasteiger partial charge in [-0.15, -0.1) is 0 Å². The predicted molar refractivity (Wildman–Crippen MR) is 75.9 cm³/mol. The molecule has 102 valence electrons. The van der Waals surface area contributed by atoms with E-state index in [1.807, 2.05) is 17.7 Å². The number of para-hydroxylation sites is 1. The van der Waals surface area contributed by atoms with Crippen molar-refractivity contribution in [2.24, 2.45) is 13.0 Å². The summed E-state index contributed by atoms with van der Waals surface area (Å²) in [6.45, 7) is 4.30. The van der Waals surface area contributed by atoms with E-state index in [0.717, 1.165) is 30.5 Å². The summed E-state index contributed by atoms with van der Waals surface area (Å²) >= 11 is 0. The molecule has 1 fully saturated rings. The van der Waals surface area contributed by atoms with Gasteiger partial charge in [0.1, 0.15) is 11.3 Å². The van der Waals surface area contributed by atoms with Crippen molar-refractivity contribution in [3.8, 4) is 0 Å². The Hall–Kier alpha value is -1.58. The van der Waals surface area contributed by atoms with Crippen molar-refractivity contribution in [2.75, 3.05) is 18.0 Å². The van der Waals surface area contributed by atoms with Crippen LogP contribution in [-0.2, 0) is 7.05 Å². The molecule has 0 bridgehead atoms. The van der Waals surface area contributed by atoms with Crippen molar-refractivity contribution >= 4 is 17.0 Å². The second-order valence-electron chi connectivity index (χ2n) is 5.44. The number of imidazole rings is 1. The standard InChI is InChI=1S/C15H20FN3/c1-3-11-6-5-9-19(10-11)15-17-13-8-4-7-12(16)14(13)18(15)2/h4,7-8,11H,3,5-6,9-10H2,1-2H3. The van der Waals surface area contributed by atoms with Crippen LogP contribution in [0.4, 0.5) is 10.3 Å². The highest BCUT2D eigenvalue weighted by Crippen LogP contribution is 2.27. The van der Waals surface area contributed by atoms with Crippen molar-refractivity contribution in [3.05, 3.63) is 24.0 Å². The van der Waals surface area contributed by atoms with E-state index in [-0.39, 0.29) is 5.82 Å². The number of piperidine rings is 1. The van der Waals surface area contributed by atoms with Crippen molar-refractivity contribution in [1.82, 2.24) is 9.55 Å². The molecule has 1 aliphatic rings. The molecule has 0 saturated carbocycles. The molecule has 0 aliphatic carbocycles. The summed E-state index contributed by atoms with van der Waals surface area (Å²) in [5, 5.41) is 0. The quantitative estimate of drug-likeness (QED) is 0.826. The van der Waals surface area contributed by atoms with Crippen molar-refractivity contribution in [3.63, 3.8) is 0 Å². The molecule has 2 heterocycles. The van der Waals surface area contributed by atoms with Gasteiger partial charge in [0.25, 0.3) is 0 Å². The third-order valence-electron chi connectivity index (χ3n) is 4.20. The molecule has 1 aliphatic heterocycles. The molecule has 0 N–H and O–H groups in total. The number of fused-ring (bicyclic) bond motifs is 1. The van der Waals surface area contributed by atoms with E-state index in [1.54, 1.807) is 6.07 Å². The van der Waals surface area contributed by atoms with Gasteiger partial charge in [-0.2, -0.15) is 0 Å². The maximum atomic E-state index is 13.9. The van der Waals surface area contributed by atoms with E-state index >= 15 is 0 Å². The first-order chi connectivity index (χ1) is 9.20. The van der Waals surface area contributed by atoms with E-state index in [1.165, 1.54) is 25.3 Å². The number of rotatable bonds is 2. The Labute approximate surface area is 113 Å². The summed E-state index contributed by atoms with van der Waals surface area (Å²) in [5.41, 5.74) is 1.35. The van der Waals surface area contributed by atoms with Crippen LogP contribution in [0.25, 0.3) is 11.0 Å². The molecule has 0 amide bonds. The molecule has 1 saturated heterocycles. The molecule has 3 rings (SSSR count). The number of hydrogen-bond donors (Lipinski definition) is 0. The predicted octanol–water partition coefficient (Wildman–Crippen LogP) is 3.34. The summed E-state index contributed by atoms with van der Waals surface area (Å²) in [4.78, 5) is 6.92. The summed E-state index contributed by atoms with van der Waals surface area (Å²) in [6.07, 6.45) is 3.70. The first kappa shape index (κ1) is 12.5. The molecule has 0 radical (unpaired) electrons. The van der Waals surface area contributed by atoms with Crippen LogP contribution in [0.3, 0.4) is 0 Å². The summed E-state index contributed by atoms with van der Waals surface area (Å²) < 4.78 is 15.8. The molecule has 1 aromatic carbocycles. The highest BCUT2D eigenvalue weighted by atomic mass is 19.1. The molecular weight excluding hydrogens is 241 g/mol. The zero-order chi connectivity index (χ0) is 13.4. The Kier molecular flexibility index (Phi) is 3.17. The molecule has 1 aromatic heterocycles. The fraction of sp³-hybridized carbons (Fsp3) is 0.533. The van der Waals surface area contributed by atoms with Gasteiger partial charge in [-0.1, -0.05) is 19.4 Å². The highest BCUT2D eigenvalue weighted by Gasteiger charge is 2.23. The average molecular weight is 261 g/mol. The van der Waals surface area contributed by atoms with E-state index in [4.69, 9.17) is 0 Å². The van der Waals surface area contributed by atoms with Gasteiger partial charge in [0.05, 0.1) is 5.52 Å². The van der Waals surface area contributed by atoms with Gasteiger partial charge in [0, 0.05) is 20.1 Å². The van der Waals surface area contributed by atoms with Crippen LogP contribution in [0.5, 0.6) is 0 Å². The lowest BCUT2D eigenvalue weighted by Crippen LogP contribution is -2.36. The molecular formula is C15H20FN3. The SMILES string of the molecule is CCC1CCCN(c2nc3cccc(F)c3n2C)C1. The minimum Gasteiger partial charge on any atom is -0.342 e. The van der Waals surface area contributed by atoms with E-state index in [9.17, 15) is 4.39 Å². The van der Waals surface area contributed by atoms with Gasteiger partial charge in [-0.3, -0.25) is 0 Å². The van der Waals surface area contributed by atoms with Gasteiger partial charge in [-0.25, -0.2) is 9.37 Å². The Morgan fingerprint density at radius 3 is 3.00 bits per heavy atom. The van der Waals surface area contributed by atoms with Gasteiger partial charge in [0.15, 0.2) is 0 Å². The number of hydrogen-bond acceptors (Lipinski definition) is 2. The Balaban J connectivity index is 2.01. The van der Waals surface area contributed by atoms with Crippen LogP contribution in [0.15, 0.2) is 18.2 Å². The summed E-state index contributed by atoms with van der Waals surface area (Å²) in [7, 11) is 1.91. The highest BCUT2D eigenvalue weighted by molar-refractivity contribution is 5.79. The van der Waals surface area contributed by atoms with Gasteiger partial charge >= 0.3 is 0 Å². The molecule has 0 spiro atoms. The zero-order valence-corrected chi connectivity index (χ0v) is 11.6. The molecule has 2 aromatic rings. The van der Waals surface area contributed by atoms with Gasteiger partial charge in [-0.05, 0) is 30.9 Å². The molecule has 19 heavy (non-hydrogen) atoms. The van der Waals surface area contributed by atoms with Crippen LogP contribution in [0.1, 0.15) is 26.2 Å². The van der Waals surface area contributed by atoms with Crippen molar-refractivity contribution < 1.29 is 4.39 Å². The summed E-state index contributed by atoms with van der Waals surface area (Å²) in [5.74, 6) is 1.44. The first-order valence-corrected chi connectivity index (χ1v) is 7.06. The van der Waals surface area contributed by atoms with Crippen LogP contribution < -0.4 is 4.90 Å². The number of aromatic nitrogens is 2. The van der Waals surface area contributed by atoms with Crippen molar-refractivity contribution in [2.45, 2.75) is 26.2 Å². The topological polar surface area (TPSA) is 21.1 Å². The van der Waals surface area contributed by atoms with Gasteiger partial charge < -0.3 is 9.47 Å². The number of aryl methyl sites for hydroxylation is 1. The Bertz CT molecular complexity index is 590. The Morgan fingerprint density at radius 1 is 1.42 bits per heavy atom. The Morgan fingerprint density at radius 2 is 2.26 bits per heavy atom. The molecule has 1 unspecified atom stereocenters. The minimum absolute atomic E-state index is 0.192. The second-order valence-corrected chi connectivity index (χ2v) is 5.44. The number of anilines is 1. The number of benzene rings is 1. The lowest BCUT2D eigenvalue weighted by atomic mass is 9.96. The molecule has 1 atom stereocenters. The van der Waals surface area contributed by atoms with E-state index < -0.39 is 0 Å². The lowest BCUT2D eigenvalue weighted by molar-refractivity contribution is 0.399. The monoisotopic (exact) mass is 261 g/mol. The second kappa shape index (κ2) is 4.83. The largest absolute Gasteiger partial charge is 0.342 e.